The van der Waals surface area contributed by atoms with Crippen molar-refractivity contribution < 1.29 is 9.53 Å². The minimum atomic E-state index is -0.144. The number of aromatic nitrogens is 2. The second-order valence-corrected chi connectivity index (χ2v) is 5.77. The Morgan fingerprint density at radius 1 is 1.41 bits per heavy atom. The molecule has 1 amide bonds. The van der Waals surface area contributed by atoms with E-state index >= 15 is 0 Å². The zero-order chi connectivity index (χ0) is 15.4. The number of benzene rings is 1. The van der Waals surface area contributed by atoms with Crippen molar-refractivity contribution >= 4 is 28.1 Å². The first-order valence-corrected chi connectivity index (χ1v) is 7.96. The fourth-order valence-corrected chi connectivity index (χ4v) is 2.97. The molecule has 6 heteroatoms. The van der Waals surface area contributed by atoms with Gasteiger partial charge in [0.1, 0.15) is 10.7 Å². The van der Waals surface area contributed by atoms with E-state index in [0.29, 0.717) is 18.8 Å². The van der Waals surface area contributed by atoms with E-state index in [-0.39, 0.29) is 5.91 Å². The first kappa shape index (κ1) is 14.7. The molecule has 5 nitrogen and oxygen atoms in total. The number of ether oxygens (including phenoxy) is 1. The lowest BCUT2D eigenvalue weighted by Gasteiger charge is -2.01. The second-order valence-electron chi connectivity index (χ2n) is 4.91. The molecular formula is C16H17N3O2S. The number of nitrogens with one attached hydrogen (secondary N) is 2. The average Bonchev–Trinajstić information content (AvgIpc) is 3.17. The molecule has 22 heavy (non-hydrogen) atoms. The highest BCUT2D eigenvalue weighted by molar-refractivity contribution is 7.13. The molecule has 0 saturated carbocycles. The summed E-state index contributed by atoms with van der Waals surface area (Å²) >= 11 is 1.46. The van der Waals surface area contributed by atoms with E-state index in [9.17, 15) is 4.79 Å². The standard InChI is InChI=1S/C16H17N3O2S/c1-21-8-4-7-17-15(20)14-10-22-16(19-14)13-9-11-5-2-3-6-12(11)18-13/h2-3,5-6,9-10,18H,4,7-8H2,1H3,(H,17,20). The number of carbonyl (C=O) groups excluding carboxylic acids is 1. The van der Waals surface area contributed by atoms with Crippen LogP contribution >= 0.6 is 11.3 Å². The maximum atomic E-state index is 12.0. The Balaban J connectivity index is 1.71. The maximum absolute atomic E-state index is 12.0. The molecule has 0 spiro atoms. The van der Waals surface area contributed by atoms with Crippen LogP contribution in [0, 0.1) is 0 Å². The van der Waals surface area contributed by atoms with Gasteiger partial charge < -0.3 is 15.0 Å². The van der Waals surface area contributed by atoms with Crippen molar-refractivity contribution in [3.8, 4) is 10.7 Å². The molecular weight excluding hydrogens is 298 g/mol. The van der Waals surface area contributed by atoms with Crippen LogP contribution in [0.1, 0.15) is 16.9 Å². The van der Waals surface area contributed by atoms with E-state index in [2.05, 4.69) is 21.4 Å². The third kappa shape index (κ3) is 3.18. The number of nitrogens with zero attached hydrogens (tertiary/aromatic N) is 1. The Hall–Kier alpha value is -2.18. The van der Waals surface area contributed by atoms with Crippen molar-refractivity contribution in [2.75, 3.05) is 20.3 Å². The molecule has 2 heterocycles. The monoisotopic (exact) mass is 315 g/mol. The van der Waals surface area contributed by atoms with E-state index < -0.39 is 0 Å². The van der Waals surface area contributed by atoms with Gasteiger partial charge in [-0.05, 0) is 18.6 Å². The molecule has 114 valence electrons. The van der Waals surface area contributed by atoms with Crippen LogP contribution in [0.5, 0.6) is 0 Å². The largest absolute Gasteiger partial charge is 0.385 e. The minimum absolute atomic E-state index is 0.144. The Morgan fingerprint density at radius 2 is 2.27 bits per heavy atom. The summed E-state index contributed by atoms with van der Waals surface area (Å²) < 4.78 is 4.95. The summed E-state index contributed by atoms with van der Waals surface area (Å²) in [6, 6.07) is 10.1. The number of thiazole rings is 1. The second kappa shape index (κ2) is 6.72. The predicted octanol–water partition coefficient (Wildman–Crippen LogP) is 3.06. The highest BCUT2D eigenvalue weighted by Crippen LogP contribution is 2.26. The number of para-hydroxylation sites is 1. The van der Waals surface area contributed by atoms with E-state index in [1.165, 1.54) is 11.3 Å². The number of amides is 1. The van der Waals surface area contributed by atoms with Crippen LogP contribution in [0.15, 0.2) is 35.7 Å². The smallest absolute Gasteiger partial charge is 0.270 e. The van der Waals surface area contributed by atoms with E-state index in [0.717, 1.165) is 28.0 Å². The molecule has 1 aromatic carbocycles. The fraction of sp³-hybridized carbons (Fsp3) is 0.250. The number of carbonyl (C=O) groups is 1. The summed E-state index contributed by atoms with van der Waals surface area (Å²) in [6.07, 6.45) is 0.793. The fourth-order valence-electron chi connectivity index (χ4n) is 2.20. The lowest BCUT2D eigenvalue weighted by atomic mass is 10.2. The Labute approximate surface area is 132 Å². The Morgan fingerprint density at radius 3 is 3.09 bits per heavy atom. The molecule has 0 fully saturated rings. The summed E-state index contributed by atoms with van der Waals surface area (Å²) in [5.74, 6) is -0.144. The number of rotatable bonds is 6. The van der Waals surface area contributed by atoms with Gasteiger partial charge in [-0.15, -0.1) is 11.3 Å². The Kier molecular flexibility index (Phi) is 4.50. The van der Waals surface area contributed by atoms with Crippen LogP contribution in [0.3, 0.4) is 0 Å². The average molecular weight is 315 g/mol. The van der Waals surface area contributed by atoms with Gasteiger partial charge in [-0.3, -0.25) is 4.79 Å². The molecule has 0 bridgehead atoms. The van der Waals surface area contributed by atoms with Crippen LogP contribution in [-0.2, 0) is 4.74 Å². The summed E-state index contributed by atoms with van der Waals surface area (Å²) in [4.78, 5) is 19.7. The van der Waals surface area contributed by atoms with Gasteiger partial charge in [-0.1, -0.05) is 18.2 Å². The van der Waals surface area contributed by atoms with E-state index in [4.69, 9.17) is 4.74 Å². The molecule has 3 aromatic rings. The van der Waals surface area contributed by atoms with E-state index in [1.807, 2.05) is 24.3 Å². The van der Waals surface area contributed by atoms with Gasteiger partial charge in [-0.25, -0.2) is 4.98 Å². The molecule has 0 saturated heterocycles. The Bertz CT molecular complexity index is 745. The van der Waals surface area contributed by atoms with Gasteiger partial charge in [0.05, 0.1) is 5.69 Å². The van der Waals surface area contributed by atoms with Gasteiger partial charge in [-0.2, -0.15) is 0 Å². The zero-order valence-corrected chi connectivity index (χ0v) is 13.1. The molecule has 2 N–H and O–H groups in total. The van der Waals surface area contributed by atoms with Crippen LogP contribution in [0.4, 0.5) is 0 Å². The molecule has 0 atom stereocenters. The lowest BCUT2D eigenvalue weighted by Crippen LogP contribution is -2.25. The first-order chi connectivity index (χ1) is 10.8. The molecule has 0 aliphatic carbocycles. The molecule has 0 aliphatic rings. The number of aromatic amines is 1. The van der Waals surface area contributed by atoms with Gasteiger partial charge in [0, 0.05) is 36.5 Å². The van der Waals surface area contributed by atoms with Gasteiger partial charge in [0.2, 0.25) is 0 Å². The quantitative estimate of drug-likeness (QED) is 0.687. The summed E-state index contributed by atoms with van der Waals surface area (Å²) in [6.45, 7) is 1.23. The van der Waals surface area contributed by atoms with Crippen LogP contribution in [-0.4, -0.2) is 36.1 Å². The SMILES string of the molecule is COCCCNC(=O)c1csc(-c2cc3ccccc3[nH]2)n1. The van der Waals surface area contributed by atoms with Crippen LogP contribution in [0.25, 0.3) is 21.6 Å². The van der Waals surface area contributed by atoms with Gasteiger partial charge in [0.25, 0.3) is 5.91 Å². The molecule has 0 aliphatic heterocycles. The van der Waals surface area contributed by atoms with Crippen molar-refractivity contribution in [1.29, 1.82) is 0 Å². The summed E-state index contributed by atoms with van der Waals surface area (Å²) in [7, 11) is 1.65. The number of methoxy groups -OCH3 is 1. The summed E-state index contributed by atoms with van der Waals surface area (Å²) in [5, 5.41) is 6.58. The lowest BCUT2D eigenvalue weighted by molar-refractivity contribution is 0.0944. The van der Waals surface area contributed by atoms with Crippen LogP contribution in [0.2, 0.25) is 0 Å². The number of hydrogen-bond acceptors (Lipinski definition) is 4. The third-order valence-electron chi connectivity index (χ3n) is 3.31. The number of H-pyrrole nitrogens is 1. The molecule has 2 aromatic heterocycles. The maximum Gasteiger partial charge on any atom is 0.270 e. The molecule has 3 rings (SSSR count). The first-order valence-electron chi connectivity index (χ1n) is 7.09. The normalized spacial score (nSPS) is 11.0. The van der Waals surface area contributed by atoms with Gasteiger partial charge in [0.15, 0.2) is 0 Å². The van der Waals surface area contributed by atoms with Crippen molar-refractivity contribution in [3.63, 3.8) is 0 Å². The predicted molar refractivity (Wildman–Crippen MR) is 88.2 cm³/mol. The van der Waals surface area contributed by atoms with Gasteiger partial charge >= 0.3 is 0 Å². The van der Waals surface area contributed by atoms with Crippen molar-refractivity contribution in [2.45, 2.75) is 6.42 Å². The van der Waals surface area contributed by atoms with Crippen molar-refractivity contribution in [2.24, 2.45) is 0 Å². The minimum Gasteiger partial charge on any atom is -0.385 e. The zero-order valence-electron chi connectivity index (χ0n) is 12.3. The molecule has 0 radical (unpaired) electrons. The highest BCUT2D eigenvalue weighted by atomic mass is 32.1. The third-order valence-corrected chi connectivity index (χ3v) is 4.18. The number of hydrogen-bond donors (Lipinski definition) is 2. The highest BCUT2D eigenvalue weighted by Gasteiger charge is 2.12. The topological polar surface area (TPSA) is 67.0 Å². The van der Waals surface area contributed by atoms with Crippen molar-refractivity contribution in [1.82, 2.24) is 15.3 Å². The number of fused-ring (bicyclic) bond motifs is 1. The molecule has 0 unspecified atom stereocenters. The van der Waals surface area contributed by atoms with E-state index in [1.54, 1.807) is 12.5 Å². The van der Waals surface area contributed by atoms with Crippen molar-refractivity contribution in [3.05, 3.63) is 41.4 Å². The summed E-state index contributed by atoms with van der Waals surface area (Å²) in [5.41, 5.74) is 2.46. The van der Waals surface area contributed by atoms with Crippen LogP contribution < -0.4 is 5.32 Å².